The number of nitrogens with zero attached hydrogens (tertiary/aromatic N) is 8. The zero-order valence-corrected chi connectivity index (χ0v) is 65.4. The zero-order valence-electron chi connectivity index (χ0n) is 57.9. The third-order valence-electron chi connectivity index (χ3n) is 18.2. The van der Waals surface area contributed by atoms with Gasteiger partial charge in [0.25, 0.3) is 6.47 Å². The van der Waals surface area contributed by atoms with E-state index in [1.165, 1.54) is 36.4 Å². The molecule has 9 aromatic rings. The number of hydrogen-bond acceptors (Lipinski definition) is 21. The number of benzene rings is 3. The maximum Gasteiger partial charge on any atom is 1.00 e. The number of aromatic nitrogens is 9. The Labute approximate surface area is 676 Å². The topological polar surface area (TPSA) is 360 Å². The van der Waals surface area contributed by atoms with Gasteiger partial charge in [-0.05, 0) is 142 Å². The predicted octanol–water partition coefficient (Wildman–Crippen LogP) is 0.143. The quantitative estimate of drug-likeness (QED) is 0.0277. The molecular weight excluding hydrogens is 1420 g/mol. The van der Waals surface area contributed by atoms with E-state index in [1.807, 2.05) is 42.5 Å². The largest absolute Gasteiger partial charge is 1.00 e. The summed E-state index contributed by atoms with van der Waals surface area (Å²) < 4.78 is 35.7. The molecule has 6 N–H and O–H groups in total. The summed E-state index contributed by atoms with van der Waals surface area (Å²) in [6.07, 6.45) is -1.94. The van der Waals surface area contributed by atoms with E-state index >= 15 is 0 Å². The van der Waals surface area contributed by atoms with Gasteiger partial charge in [-0.3, -0.25) is 27.6 Å². The van der Waals surface area contributed by atoms with E-state index in [-0.39, 0.29) is 209 Å². The van der Waals surface area contributed by atoms with Gasteiger partial charge in [-0.1, -0.05) is 113 Å². The van der Waals surface area contributed by atoms with Crippen molar-refractivity contribution in [3.63, 3.8) is 0 Å². The number of aromatic amines is 1. The van der Waals surface area contributed by atoms with Crippen LogP contribution in [0.25, 0.3) is 16.9 Å². The Kier molecular flexibility index (Phi) is 33.0. The van der Waals surface area contributed by atoms with Crippen LogP contribution in [0.3, 0.4) is 0 Å². The molecule has 3 saturated heterocycles. The van der Waals surface area contributed by atoms with Crippen LogP contribution in [-0.2, 0) is 62.7 Å². The fraction of sp³-hybridized carbons (Fsp3) is 0.426. The number of rotatable bonds is 14. The average Bonchev–Trinajstić information content (AvgIpc) is 0.915. The molecule has 3 aliphatic rings. The molecule has 12 rings (SSSR count). The second-order valence-electron chi connectivity index (χ2n) is 24.3. The maximum absolute atomic E-state index is 12.7. The van der Waals surface area contributed by atoms with Crippen molar-refractivity contribution in [3.8, 4) is 0 Å². The molecule has 3 aromatic carbocycles. The van der Waals surface area contributed by atoms with Gasteiger partial charge in [0.15, 0.2) is 16.9 Å². The second kappa shape index (κ2) is 39.3. The van der Waals surface area contributed by atoms with Crippen LogP contribution in [0.4, 0.5) is 0 Å². The van der Waals surface area contributed by atoms with Gasteiger partial charge in [0.05, 0.1) is 50.7 Å². The van der Waals surface area contributed by atoms with Crippen LogP contribution in [0, 0.1) is 35.5 Å². The first-order valence-corrected chi connectivity index (χ1v) is 32.6. The molecule has 0 amide bonds. The van der Waals surface area contributed by atoms with Crippen molar-refractivity contribution in [3.05, 3.63) is 208 Å². The van der Waals surface area contributed by atoms with Crippen LogP contribution in [0.15, 0.2) is 142 Å². The number of H-pyrrole nitrogens is 1. The number of aliphatic hydroxyl groups is 5. The van der Waals surface area contributed by atoms with Crippen LogP contribution >= 0.6 is 34.8 Å². The van der Waals surface area contributed by atoms with Crippen molar-refractivity contribution < 1.29 is 178 Å². The molecule has 3 fully saturated rings. The molecule has 0 bridgehead atoms. The Bertz CT molecular complexity index is 4370. The molecule has 100 heavy (non-hydrogen) atoms. The van der Waals surface area contributed by atoms with Gasteiger partial charge < -0.3 is 60.8 Å². The minimum atomic E-state index is -1.48. The number of nitrogens with one attached hydrogen (secondary N) is 1. The zero-order chi connectivity index (χ0) is 71.2. The summed E-state index contributed by atoms with van der Waals surface area (Å²) in [5.74, 6) is 1.30. The molecule has 3 aliphatic heterocycles. The Morgan fingerprint density at radius 3 is 1.33 bits per heavy atom. The Hall–Kier alpha value is -4.89. The number of hydrogen-bond donors (Lipinski definition) is 6. The van der Waals surface area contributed by atoms with E-state index in [0.717, 1.165) is 16.7 Å². The molecule has 0 saturated carbocycles. The molecule has 0 radical (unpaired) electrons. The fourth-order valence-electron chi connectivity index (χ4n) is 12.0. The number of carbonyl (C=O) groups is 3. The van der Waals surface area contributed by atoms with Crippen molar-refractivity contribution in [2.75, 3.05) is 19.8 Å². The first-order valence-electron chi connectivity index (χ1n) is 31.5. The molecular formula is C68H80Cl3K2N9O18. The van der Waals surface area contributed by atoms with Crippen LogP contribution in [0.5, 0.6) is 0 Å². The van der Waals surface area contributed by atoms with Gasteiger partial charge in [-0.2, -0.15) is 5.10 Å². The van der Waals surface area contributed by atoms with Crippen LogP contribution < -0.4 is 125 Å². The van der Waals surface area contributed by atoms with Gasteiger partial charge in [0, 0.05) is 47.5 Å². The molecule has 0 spiro atoms. The van der Waals surface area contributed by atoms with E-state index < -0.39 is 37.1 Å². The van der Waals surface area contributed by atoms with E-state index in [2.05, 4.69) is 66.8 Å². The summed E-state index contributed by atoms with van der Waals surface area (Å²) in [4.78, 5) is 69.7. The van der Waals surface area contributed by atoms with Crippen molar-refractivity contribution in [1.29, 1.82) is 0 Å². The fourth-order valence-corrected chi connectivity index (χ4v) is 12.5. The predicted molar refractivity (Wildman–Crippen MR) is 358 cm³/mol. The Morgan fingerprint density at radius 1 is 0.550 bits per heavy atom. The summed E-state index contributed by atoms with van der Waals surface area (Å²) in [7, 11) is 0. The first kappa shape index (κ1) is 84.1. The number of halogens is 3. The summed E-state index contributed by atoms with van der Waals surface area (Å²) >= 11 is 18.9. The first-order chi connectivity index (χ1) is 46.8. The van der Waals surface area contributed by atoms with Gasteiger partial charge in [0.2, 0.25) is 0 Å². The van der Waals surface area contributed by atoms with Crippen molar-refractivity contribution in [2.45, 2.75) is 130 Å². The molecule has 0 aliphatic carbocycles. The van der Waals surface area contributed by atoms with E-state index in [0.29, 0.717) is 72.4 Å². The maximum atomic E-state index is 12.7. The smallest absolute Gasteiger partial charge is 1.00 e. The van der Waals surface area contributed by atoms with Crippen molar-refractivity contribution >= 4 is 70.2 Å². The number of aliphatic hydroxyl groups excluding tert-OH is 5. The summed E-state index contributed by atoms with van der Waals surface area (Å²) in [5.41, 5.74) is 5.52. The number of carbonyl (C=O) groups excluding carboxylic acids is 3. The molecule has 6 unspecified atom stereocenters. The molecule has 32 heteroatoms. The normalized spacial score (nSPS) is 24.6. The Balaban J connectivity index is 0.000000247. The SMILES string of the molecule is CC(=O)OCC1O[C@@H](c2ccc(Cl)c(CO)c2)C(C)[C@@H](C)[C@@H]1C.CC(=O)OCC1O[C@@H](c2ccc(Cl)c(Cn3nc4ccccn4c3=O)c2)C(C)[C@@H](C)[C@@H]1C.O=CO[O-].O=c1[nH]nc2ccccn12.O=c1n(Cc2cc([C@@H]3OC(CO)[C@@H](O)[C@H](O)C3O)ccc2Cl)nc2ccccn12.[H-].[K+].[K+]. The Morgan fingerprint density at radius 2 is 0.940 bits per heavy atom. The number of ether oxygens (including phenoxy) is 5. The summed E-state index contributed by atoms with van der Waals surface area (Å²) in [5, 5.41) is 73.8. The molecule has 27 nitrogen and oxygen atoms in total. The molecule has 9 heterocycles. The van der Waals surface area contributed by atoms with Gasteiger partial charge in [-0.25, -0.2) is 28.8 Å². The van der Waals surface area contributed by atoms with Crippen molar-refractivity contribution in [1.82, 2.24) is 43.0 Å². The molecule has 6 aromatic heterocycles. The van der Waals surface area contributed by atoms with Gasteiger partial charge in [0.1, 0.15) is 43.7 Å². The average molecular weight is 1500 g/mol. The minimum Gasteiger partial charge on any atom is -1.00 e. The molecule has 15 atom stereocenters. The molecule has 528 valence electrons. The standard InChI is InChI=1S/C24H28ClN3O4.C19H20ClN3O6.C18H25ClO4.C6H5N3O.CH2O3.2K.H/c1-14-15(2)21(13-31-17(4)29)32-23(16(14)3)18-8-9-20(25)19(11-18)12-28-24(30)27-10-6-5-7-22(27)26-28;20-12-5-4-10(18-17(27)16(26)15(25)13(9-24)29-18)7-11(12)8-23-19(28)22-6-2-1-3-14(22)21-23;1-10-11(2)17(9-22-13(4)21)23-18(12(10)3)14-5-6-16(19)15(7-14)8-20;10-6-8-7-5-3-1-2-4-9(5)6;2-1-4-3;;;/h5-11,14-16,21,23H,12-13H2,1-4H3;1-7,13,15-18,24-27H,8-9H2;5-7,10-12,17-18,20H,8-9H2,1-4H3;1-4H,(H,8,10);1,3H;;;/q;;;;;2*+1;-1/p-1/t14-,15-,16?,21?,23+;13?,15-,16+,17?,18+;10-,11-,12?,17?,18+;;;;;/m010...../s1. The van der Waals surface area contributed by atoms with Gasteiger partial charge >= 0.3 is 132 Å². The van der Waals surface area contributed by atoms with Crippen LogP contribution in [-0.4, -0.2) is 143 Å². The number of pyridine rings is 3. The second-order valence-corrected chi connectivity index (χ2v) is 25.5. The van der Waals surface area contributed by atoms with E-state index in [1.54, 1.807) is 85.3 Å². The number of fused-ring (bicyclic) bond motifs is 3. The van der Waals surface area contributed by atoms with E-state index in [9.17, 15) is 49.5 Å². The number of esters is 2. The van der Waals surface area contributed by atoms with Crippen molar-refractivity contribution in [2.24, 2.45) is 35.5 Å². The van der Waals surface area contributed by atoms with Gasteiger partial charge in [-0.15, -0.1) is 10.2 Å². The van der Waals surface area contributed by atoms with E-state index in [4.69, 9.17) is 68.5 Å². The third-order valence-corrected chi connectivity index (χ3v) is 19.3. The monoisotopic (exact) mass is 1490 g/mol. The summed E-state index contributed by atoms with van der Waals surface area (Å²) in [6.45, 7) is 15.9. The summed E-state index contributed by atoms with van der Waals surface area (Å²) in [6, 6.07) is 32.3. The van der Waals surface area contributed by atoms with Crippen LogP contribution in [0.2, 0.25) is 15.1 Å². The minimum absolute atomic E-state index is 0. The third kappa shape index (κ3) is 20.8. The van der Waals surface area contributed by atoms with Crippen LogP contribution in [0.1, 0.15) is 109 Å².